The largest absolute Gasteiger partial charge is 0.0876 e. The van der Waals surface area contributed by atoms with Gasteiger partial charge in [0.25, 0.3) is 0 Å². The van der Waals surface area contributed by atoms with Gasteiger partial charge in [-0.1, -0.05) is 88.4 Å². The average molecular weight is 244 g/mol. The van der Waals surface area contributed by atoms with E-state index in [1.165, 1.54) is 11.1 Å². The highest BCUT2D eigenvalue weighted by Gasteiger charge is 1.93. The average Bonchev–Trinajstić information content (AvgIpc) is 2.48. The summed E-state index contributed by atoms with van der Waals surface area (Å²) < 4.78 is 0. The highest BCUT2D eigenvalue weighted by atomic mass is 14.0. The second-order valence-corrected chi connectivity index (χ2v) is 3.01. The lowest BCUT2D eigenvalue weighted by Crippen LogP contribution is -1.78. The lowest BCUT2D eigenvalue weighted by molar-refractivity contribution is 1.50. The van der Waals surface area contributed by atoms with E-state index in [-0.39, 0.29) is 0 Å². The van der Waals surface area contributed by atoms with Gasteiger partial charge in [0.15, 0.2) is 0 Å². The second kappa shape index (κ2) is 15.4. The molecule has 0 bridgehead atoms. The third kappa shape index (κ3) is 8.58. The minimum absolute atomic E-state index is 1.24. The van der Waals surface area contributed by atoms with Gasteiger partial charge >= 0.3 is 0 Å². The van der Waals surface area contributed by atoms with E-state index in [4.69, 9.17) is 0 Å². The van der Waals surface area contributed by atoms with Crippen molar-refractivity contribution < 1.29 is 0 Å². The number of rotatable bonds is 3. The molecule has 18 heavy (non-hydrogen) atoms. The molecule has 0 nitrogen and oxygen atoms in total. The lowest BCUT2D eigenvalue weighted by atomic mass is 10.1. The van der Waals surface area contributed by atoms with Crippen LogP contribution in [0.4, 0.5) is 0 Å². The van der Waals surface area contributed by atoms with Gasteiger partial charge in [0, 0.05) is 0 Å². The molecule has 1 aromatic rings. The van der Waals surface area contributed by atoms with E-state index in [1.54, 1.807) is 0 Å². The summed E-state index contributed by atoms with van der Waals surface area (Å²) in [5, 5.41) is 0. The van der Waals surface area contributed by atoms with Crippen LogP contribution in [0.1, 0.15) is 47.1 Å². The van der Waals surface area contributed by atoms with Gasteiger partial charge in [-0.05, 0) is 25.0 Å². The Hall–Kier alpha value is -1.56. The highest BCUT2D eigenvalue weighted by molar-refractivity contribution is 5.74. The Morgan fingerprint density at radius 3 is 1.83 bits per heavy atom. The highest BCUT2D eigenvalue weighted by Crippen LogP contribution is 2.15. The van der Waals surface area contributed by atoms with Crippen LogP contribution in [0.3, 0.4) is 0 Å². The van der Waals surface area contributed by atoms with E-state index in [1.807, 2.05) is 53.7 Å². The Bertz CT molecular complexity index is 340. The number of allylic oxidation sites excluding steroid dienone is 6. The zero-order chi connectivity index (χ0) is 14.2. The molecule has 0 aliphatic carbocycles. The predicted octanol–water partition coefficient (Wildman–Crippen LogP) is 6.27. The van der Waals surface area contributed by atoms with Crippen LogP contribution in [0.5, 0.6) is 0 Å². The Morgan fingerprint density at radius 1 is 0.833 bits per heavy atom. The monoisotopic (exact) mass is 244 g/mol. The maximum absolute atomic E-state index is 2.12. The van der Waals surface area contributed by atoms with Crippen LogP contribution >= 0.6 is 0 Å². The van der Waals surface area contributed by atoms with Crippen LogP contribution in [0.15, 0.2) is 60.7 Å². The first kappa shape index (κ1) is 18.8. The molecule has 0 aromatic heterocycles. The van der Waals surface area contributed by atoms with Crippen LogP contribution in [-0.4, -0.2) is 0 Å². The van der Waals surface area contributed by atoms with Gasteiger partial charge < -0.3 is 0 Å². The molecule has 0 amide bonds. The van der Waals surface area contributed by atoms with Crippen molar-refractivity contribution in [1.29, 1.82) is 0 Å². The number of hydrogen-bond donors (Lipinski definition) is 0. The van der Waals surface area contributed by atoms with E-state index in [2.05, 4.69) is 48.6 Å². The molecule has 0 atom stereocenters. The SMILES string of the molecule is CC.CC.C\C=C/C=C(\C=C/C)c1ccccc1. The quantitative estimate of drug-likeness (QED) is 0.549. The fraction of sp³-hybridized carbons (Fsp3) is 0.333. The summed E-state index contributed by atoms with van der Waals surface area (Å²) in [6.07, 6.45) is 10.4. The van der Waals surface area contributed by atoms with Gasteiger partial charge in [-0.3, -0.25) is 0 Å². The fourth-order valence-corrected chi connectivity index (χ4v) is 1.26. The first-order valence-corrected chi connectivity index (χ1v) is 6.89. The first-order chi connectivity index (χ1) is 8.88. The smallest absolute Gasteiger partial charge is 0.0184 e. The molecule has 0 radical (unpaired) electrons. The van der Waals surface area contributed by atoms with Gasteiger partial charge in [-0.25, -0.2) is 0 Å². The van der Waals surface area contributed by atoms with Crippen LogP contribution in [0.2, 0.25) is 0 Å². The topological polar surface area (TPSA) is 0 Å². The van der Waals surface area contributed by atoms with Gasteiger partial charge in [-0.15, -0.1) is 0 Å². The Labute approximate surface area is 114 Å². The third-order valence-electron chi connectivity index (χ3n) is 1.92. The van der Waals surface area contributed by atoms with E-state index in [0.29, 0.717) is 0 Å². The summed E-state index contributed by atoms with van der Waals surface area (Å²) in [4.78, 5) is 0. The van der Waals surface area contributed by atoms with Crippen LogP contribution < -0.4 is 0 Å². The van der Waals surface area contributed by atoms with Gasteiger partial charge in [0.2, 0.25) is 0 Å². The first-order valence-electron chi connectivity index (χ1n) is 6.89. The summed E-state index contributed by atoms with van der Waals surface area (Å²) in [5.41, 5.74) is 2.50. The standard InChI is InChI=1S/C14H16.2C2H6/c1-3-5-10-13(9-4-2)14-11-7-6-8-12-14;2*1-2/h3-12H,1-2H3;2*1-2H3/b5-3-,9-4-,13-10+;;. The fourth-order valence-electron chi connectivity index (χ4n) is 1.26. The van der Waals surface area contributed by atoms with Gasteiger partial charge in [0.1, 0.15) is 0 Å². The van der Waals surface area contributed by atoms with Crippen molar-refractivity contribution in [2.24, 2.45) is 0 Å². The zero-order valence-electron chi connectivity index (χ0n) is 12.8. The van der Waals surface area contributed by atoms with Gasteiger partial charge in [0.05, 0.1) is 0 Å². The Balaban J connectivity index is 0. The Kier molecular flexibility index (Phi) is 16.1. The molecular weight excluding hydrogens is 216 g/mol. The van der Waals surface area contributed by atoms with Crippen molar-refractivity contribution in [2.45, 2.75) is 41.5 Å². The number of benzene rings is 1. The maximum atomic E-state index is 2.12. The summed E-state index contributed by atoms with van der Waals surface area (Å²) in [5.74, 6) is 0. The molecule has 1 rings (SSSR count). The van der Waals surface area contributed by atoms with E-state index in [9.17, 15) is 0 Å². The zero-order valence-corrected chi connectivity index (χ0v) is 12.8. The molecule has 0 aliphatic heterocycles. The van der Waals surface area contributed by atoms with Crippen molar-refractivity contribution in [3.8, 4) is 0 Å². The summed E-state index contributed by atoms with van der Waals surface area (Å²) in [7, 11) is 0. The van der Waals surface area contributed by atoms with Crippen molar-refractivity contribution in [2.75, 3.05) is 0 Å². The normalized spacial score (nSPS) is 10.7. The van der Waals surface area contributed by atoms with Crippen molar-refractivity contribution in [3.63, 3.8) is 0 Å². The van der Waals surface area contributed by atoms with Crippen LogP contribution in [0, 0.1) is 0 Å². The minimum atomic E-state index is 1.24. The molecule has 0 unspecified atom stereocenters. The molecule has 0 aliphatic rings. The third-order valence-corrected chi connectivity index (χ3v) is 1.92. The van der Waals surface area contributed by atoms with Crippen molar-refractivity contribution in [3.05, 3.63) is 66.3 Å². The van der Waals surface area contributed by atoms with Crippen molar-refractivity contribution >= 4 is 5.57 Å². The molecule has 0 saturated carbocycles. The summed E-state index contributed by atoms with van der Waals surface area (Å²) in [6, 6.07) is 10.4. The molecule has 0 fully saturated rings. The van der Waals surface area contributed by atoms with Crippen molar-refractivity contribution in [1.82, 2.24) is 0 Å². The molecule has 1 aromatic carbocycles. The van der Waals surface area contributed by atoms with E-state index < -0.39 is 0 Å². The Morgan fingerprint density at radius 2 is 1.39 bits per heavy atom. The molecule has 0 N–H and O–H groups in total. The molecule has 0 spiro atoms. The predicted molar refractivity (Wildman–Crippen MR) is 86.7 cm³/mol. The number of hydrogen-bond acceptors (Lipinski definition) is 0. The molecule has 0 heterocycles. The van der Waals surface area contributed by atoms with E-state index >= 15 is 0 Å². The molecule has 0 heteroatoms. The lowest BCUT2D eigenvalue weighted by Gasteiger charge is -2.00. The minimum Gasteiger partial charge on any atom is -0.0876 e. The maximum Gasteiger partial charge on any atom is -0.0184 e. The van der Waals surface area contributed by atoms with Crippen LogP contribution in [0.25, 0.3) is 5.57 Å². The molecule has 0 saturated heterocycles. The molecular formula is C18H28. The molecule has 100 valence electrons. The summed E-state index contributed by atoms with van der Waals surface area (Å²) >= 11 is 0. The van der Waals surface area contributed by atoms with E-state index in [0.717, 1.165) is 0 Å². The second-order valence-electron chi connectivity index (χ2n) is 3.01. The van der Waals surface area contributed by atoms with Crippen LogP contribution in [-0.2, 0) is 0 Å². The van der Waals surface area contributed by atoms with Gasteiger partial charge in [-0.2, -0.15) is 0 Å². The summed E-state index contributed by atoms with van der Waals surface area (Å²) in [6.45, 7) is 12.1.